The van der Waals surface area contributed by atoms with Gasteiger partial charge in [0.25, 0.3) is 10.0 Å². The van der Waals surface area contributed by atoms with Crippen molar-refractivity contribution < 1.29 is 8.42 Å². The van der Waals surface area contributed by atoms with Crippen molar-refractivity contribution in [3.8, 4) is 0 Å². The van der Waals surface area contributed by atoms with Crippen LogP contribution in [0.5, 0.6) is 0 Å². The summed E-state index contributed by atoms with van der Waals surface area (Å²) in [5.41, 5.74) is 1.00. The summed E-state index contributed by atoms with van der Waals surface area (Å²) >= 11 is 6.08. The zero-order valence-electron chi connectivity index (χ0n) is 11.5. The fourth-order valence-corrected chi connectivity index (χ4v) is 4.29. The molecular formula is C13H16ClN3O2S. The van der Waals surface area contributed by atoms with Crippen molar-refractivity contribution in [3.05, 3.63) is 41.2 Å². The summed E-state index contributed by atoms with van der Waals surface area (Å²) < 4.78 is 28.3. The Morgan fingerprint density at radius 1 is 1.30 bits per heavy atom. The monoisotopic (exact) mass is 313 g/mol. The van der Waals surface area contributed by atoms with Gasteiger partial charge in [0.15, 0.2) is 0 Å². The summed E-state index contributed by atoms with van der Waals surface area (Å²) in [4.78, 5) is 0.0624. The van der Waals surface area contributed by atoms with Crippen LogP contribution in [0.4, 0.5) is 5.69 Å². The van der Waals surface area contributed by atoms with Crippen molar-refractivity contribution in [2.24, 2.45) is 7.05 Å². The average Bonchev–Trinajstić information content (AvgIpc) is 2.65. The molecule has 2 rings (SSSR count). The van der Waals surface area contributed by atoms with Gasteiger partial charge in [-0.25, -0.2) is 8.42 Å². The van der Waals surface area contributed by atoms with Gasteiger partial charge in [-0.3, -0.25) is 8.99 Å². The second-order valence-corrected chi connectivity index (χ2v) is 6.49. The topological polar surface area (TPSA) is 55.2 Å². The van der Waals surface area contributed by atoms with E-state index in [-0.39, 0.29) is 10.0 Å². The van der Waals surface area contributed by atoms with Crippen LogP contribution >= 0.6 is 11.6 Å². The summed E-state index contributed by atoms with van der Waals surface area (Å²) in [7, 11) is -2.11. The number of halogens is 1. The van der Waals surface area contributed by atoms with E-state index in [9.17, 15) is 8.42 Å². The Hall–Kier alpha value is -1.53. The van der Waals surface area contributed by atoms with Crippen molar-refractivity contribution in [2.45, 2.75) is 18.7 Å². The van der Waals surface area contributed by atoms with Crippen molar-refractivity contribution in [1.29, 1.82) is 0 Å². The lowest BCUT2D eigenvalue weighted by molar-refractivity contribution is 0.591. The van der Waals surface area contributed by atoms with Crippen LogP contribution in [0.25, 0.3) is 0 Å². The zero-order valence-corrected chi connectivity index (χ0v) is 13.1. The molecule has 0 saturated heterocycles. The molecule has 0 aliphatic carbocycles. The molecule has 20 heavy (non-hydrogen) atoms. The lowest BCUT2D eigenvalue weighted by Gasteiger charge is -2.22. The third kappa shape index (κ3) is 2.41. The van der Waals surface area contributed by atoms with Crippen LogP contribution in [0.2, 0.25) is 5.15 Å². The molecule has 1 aromatic carbocycles. The van der Waals surface area contributed by atoms with Crippen LogP contribution in [-0.2, 0) is 17.1 Å². The molecule has 0 fully saturated rings. The van der Waals surface area contributed by atoms with Gasteiger partial charge in [0.1, 0.15) is 10.0 Å². The molecule has 0 bridgehead atoms. The molecule has 0 aliphatic heterocycles. The first-order chi connectivity index (χ1) is 9.39. The first kappa shape index (κ1) is 14.9. The van der Waals surface area contributed by atoms with Gasteiger partial charge in [0.05, 0.1) is 11.4 Å². The fourth-order valence-electron chi connectivity index (χ4n) is 2.10. The van der Waals surface area contributed by atoms with Gasteiger partial charge in [0, 0.05) is 13.6 Å². The maximum Gasteiger partial charge on any atom is 0.269 e. The van der Waals surface area contributed by atoms with E-state index in [1.165, 1.54) is 8.99 Å². The van der Waals surface area contributed by atoms with Crippen molar-refractivity contribution in [3.63, 3.8) is 0 Å². The highest BCUT2D eigenvalue weighted by atomic mass is 35.5. The molecule has 0 amide bonds. The van der Waals surface area contributed by atoms with Gasteiger partial charge in [-0.15, -0.1) is 0 Å². The minimum Gasteiger partial charge on any atom is -0.266 e. The van der Waals surface area contributed by atoms with Gasteiger partial charge in [-0.05, 0) is 26.0 Å². The normalized spacial score (nSPS) is 11.6. The van der Waals surface area contributed by atoms with Crippen LogP contribution < -0.4 is 4.31 Å². The summed E-state index contributed by atoms with van der Waals surface area (Å²) in [5.74, 6) is 0. The molecule has 0 saturated carbocycles. The minimum atomic E-state index is -3.73. The van der Waals surface area contributed by atoms with E-state index >= 15 is 0 Å². The molecule has 1 heterocycles. The van der Waals surface area contributed by atoms with Gasteiger partial charge in [-0.2, -0.15) is 5.10 Å². The zero-order chi connectivity index (χ0) is 14.9. The molecular weight excluding hydrogens is 298 g/mol. The van der Waals surface area contributed by atoms with E-state index in [4.69, 9.17) is 11.6 Å². The highest BCUT2D eigenvalue weighted by molar-refractivity contribution is 7.93. The maximum atomic E-state index is 12.8. The highest BCUT2D eigenvalue weighted by Gasteiger charge is 2.30. The van der Waals surface area contributed by atoms with Crippen LogP contribution in [0, 0.1) is 6.92 Å². The lowest BCUT2D eigenvalue weighted by atomic mass is 10.3. The number of hydrogen-bond donors (Lipinski definition) is 0. The predicted octanol–water partition coefficient (Wildman–Crippen LogP) is 2.60. The molecule has 0 atom stereocenters. The quantitative estimate of drug-likeness (QED) is 0.872. The second kappa shape index (κ2) is 5.46. The van der Waals surface area contributed by atoms with Crippen molar-refractivity contribution >= 4 is 27.3 Å². The van der Waals surface area contributed by atoms with E-state index < -0.39 is 10.0 Å². The second-order valence-electron chi connectivity index (χ2n) is 4.33. The molecule has 2 aromatic rings. The lowest BCUT2D eigenvalue weighted by Crippen LogP contribution is -2.31. The molecule has 108 valence electrons. The Kier molecular flexibility index (Phi) is 4.06. The third-order valence-corrected chi connectivity index (χ3v) is 5.58. The van der Waals surface area contributed by atoms with Gasteiger partial charge in [0.2, 0.25) is 0 Å². The molecule has 0 aliphatic rings. The SMILES string of the molecule is CCN(c1ccccc1)S(=O)(=O)c1c(C)nn(C)c1Cl. The molecule has 5 nitrogen and oxygen atoms in total. The van der Waals surface area contributed by atoms with Crippen LogP contribution in [0.15, 0.2) is 35.2 Å². The maximum absolute atomic E-state index is 12.8. The van der Waals surface area contributed by atoms with Crippen LogP contribution in [0.1, 0.15) is 12.6 Å². The number of para-hydroxylation sites is 1. The number of anilines is 1. The van der Waals surface area contributed by atoms with E-state index in [0.717, 1.165) is 0 Å². The largest absolute Gasteiger partial charge is 0.269 e. The number of nitrogens with zero attached hydrogens (tertiary/aromatic N) is 3. The van der Waals surface area contributed by atoms with E-state index in [1.54, 1.807) is 45.2 Å². The predicted molar refractivity (Wildman–Crippen MR) is 79.6 cm³/mol. The number of aromatic nitrogens is 2. The molecule has 7 heteroatoms. The number of hydrogen-bond acceptors (Lipinski definition) is 3. The molecule has 0 spiro atoms. The summed E-state index contributed by atoms with van der Waals surface area (Å²) in [6, 6.07) is 8.93. The standard InChI is InChI=1S/C13H16ClN3O2S/c1-4-17(11-8-6-5-7-9-11)20(18,19)12-10(2)15-16(3)13(12)14/h5-9H,4H2,1-3H3. The summed E-state index contributed by atoms with van der Waals surface area (Å²) in [6.07, 6.45) is 0. The molecule has 0 N–H and O–H groups in total. The molecule has 0 unspecified atom stereocenters. The van der Waals surface area contributed by atoms with Crippen LogP contribution in [-0.4, -0.2) is 24.7 Å². The van der Waals surface area contributed by atoms with Gasteiger partial charge in [-0.1, -0.05) is 29.8 Å². The number of rotatable bonds is 4. The van der Waals surface area contributed by atoms with E-state index in [1.807, 2.05) is 6.07 Å². The van der Waals surface area contributed by atoms with Crippen molar-refractivity contribution in [2.75, 3.05) is 10.8 Å². The number of aryl methyl sites for hydroxylation is 2. The first-order valence-electron chi connectivity index (χ1n) is 6.16. The Labute approximate surface area is 123 Å². The van der Waals surface area contributed by atoms with E-state index in [2.05, 4.69) is 5.10 Å². The Morgan fingerprint density at radius 3 is 2.35 bits per heavy atom. The average molecular weight is 314 g/mol. The molecule has 0 radical (unpaired) electrons. The smallest absolute Gasteiger partial charge is 0.266 e. The first-order valence-corrected chi connectivity index (χ1v) is 7.98. The Bertz CT molecular complexity index is 711. The fraction of sp³-hybridized carbons (Fsp3) is 0.308. The number of sulfonamides is 1. The van der Waals surface area contributed by atoms with E-state index in [0.29, 0.717) is 17.9 Å². The number of benzene rings is 1. The summed E-state index contributed by atoms with van der Waals surface area (Å²) in [6.45, 7) is 3.73. The Morgan fingerprint density at radius 2 is 1.90 bits per heavy atom. The third-order valence-electron chi connectivity index (χ3n) is 2.98. The minimum absolute atomic E-state index is 0.0624. The molecule has 1 aromatic heterocycles. The van der Waals surface area contributed by atoms with Crippen molar-refractivity contribution in [1.82, 2.24) is 9.78 Å². The van der Waals surface area contributed by atoms with Gasteiger partial charge >= 0.3 is 0 Å². The van der Waals surface area contributed by atoms with Gasteiger partial charge < -0.3 is 0 Å². The van der Waals surface area contributed by atoms with Crippen LogP contribution in [0.3, 0.4) is 0 Å². The Balaban J connectivity index is 2.59. The highest BCUT2D eigenvalue weighted by Crippen LogP contribution is 2.30. The summed E-state index contributed by atoms with van der Waals surface area (Å²) in [5, 5.41) is 4.19.